The second-order valence-electron chi connectivity index (χ2n) is 6.41. The Morgan fingerprint density at radius 1 is 1.38 bits per heavy atom. The molecule has 4 heterocycles. The molecule has 2 aromatic rings. The van der Waals surface area contributed by atoms with E-state index in [0.29, 0.717) is 19.0 Å². The normalized spacial score (nSPS) is 26.7. The van der Waals surface area contributed by atoms with Crippen molar-refractivity contribution < 1.29 is 14.3 Å². The molecule has 0 aromatic carbocycles. The van der Waals surface area contributed by atoms with Gasteiger partial charge in [0.2, 0.25) is 5.88 Å². The van der Waals surface area contributed by atoms with Crippen molar-refractivity contribution in [3.05, 3.63) is 46.8 Å². The van der Waals surface area contributed by atoms with Gasteiger partial charge in [-0.1, -0.05) is 12.1 Å². The molecule has 2 saturated heterocycles. The molecule has 0 unspecified atom stereocenters. The molecule has 0 saturated carbocycles. The highest BCUT2D eigenvalue weighted by atomic mass is 32.1. The quantitative estimate of drug-likeness (QED) is 0.859. The Labute approximate surface area is 145 Å². The van der Waals surface area contributed by atoms with Crippen LogP contribution < -0.4 is 4.74 Å². The lowest BCUT2D eigenvalue weighted by molar-refractivity contribution is -0.0452. The first-order valence-corrected chi connectivity index (χ1v) is 9.17. The van der Waals surface area contributed by atoms with Gasteiger partial charge in [-0.2, -0.15) is 0 Å². The molecule has 24 heavy (non-hydrogen) atoms. The third-order valence-corrected chi connectivity index (χ3v) is 5.52. The Bertz CT molecular complexity index is 692. The van der Waals surface area contributed by atoms with Crippen molar-refractivity contribution in [1.82, 2.24) is 9.88 Å². The Kier molecular flexibility index (Phi) is 4.24. The number of thiophene rings is 1. The van der Waals surface area contributed by atoms with E-state index in [2.05, 4.69) is 4.98 Å². The second-order valence-corrected chi connectivity index (χ2v) is 7.36. The number of hydrogen-bond acceptors (Lipinski definition) is 5. The molecule has 6 heteroatoms. The fourth-order valence-corrected chi connectivity index (χ4v) is 4.27. The Morgan fingerprint density at radius 2 is 2.33 bits per heavy atom. The number of hydrogen-bond donors (Lipinski definition) is 0. The molecule has 126 valence electrons. The lowest BCUT2D eigenvalue weighted by Gasteiger charge is -2.39. The first-order valence-electron chi connectivity index (χ1n) is 8.29. The number of nitrogens with zero attached hydrogens (tertiary/aromatic N) is 2. The molecule has 1 spiro atoms. The van der Waals surface area contributed by atoms with Gasteiger partial charge >= 0.3 is 0 Å². The van der Waals surface area contributed by atoms with Gasteiger partial charge in [0.15, 0.2) is 0 Å². The number of carbonyl (C=O) groups excluding carboxylic acids is 1. The van der Waals surface area contributed by atoms with Gasteiger partial charge in [0.25, 0.3) is 5.91 Å². The van der Waals surface area contributed by atoms with Crippen molar-refractivity contribution in [3.63, 3.8) is 0 Å². The summed E-state index contributed by atoms with van der Waals surface area (Å²) in [6.45, 7) is 2.00. The zero-order valence-corrected chi connectivity index (χ0v) is 14.2. The van der Waals surface area contributed by atoms with E-state index in [-0.39, 0.29) is 17.6 Å². The summed E-state index contributed by atoms with van der Waals surface area (Å²) in [5.74, 6) is 0.743. The lowest BCUT2D eigenvalue weighted by atomic mass is 9.89. The van der Waals surface area contributed by atoms with Gasteiger partial charge in [0.1, 0.15) is 6.10 Å². The van der Waals surface area contributed by atoms with Crippen LogP contribution in [0.2, 0.25) is 0 Å². The molecule has 0 aliphatic carbocycles. The van der Waals surface area contributed by atoms with Gasteiger partial charge in [0.05, 0.1) is 23.6 Å². The summed E-state index contributed by atoms with van der Waals surface area (Å²) < 4.78 is 12.1. The minimum Gasteiger partial charge on any atom is -0.472 e. The number of amides is 1. The van der Waals surface area contributed by atoms with E-state index < -0.39 is 0 Å². The lowest BCUT2D eigenvalue weighted by Crippen LogP contribution is -2.50. The van der Waals surface area contributed by atoms with Crippen molar-refractivity contribution in [1.29, 1.82) is 0 Å². The Morgan fingerprint density at radius 3 is 3.12 bits per heavy atom. The largest absolute Gasteiger partial charge is 0.472 e. The van der Waals surface area contributed by atoms with Gasteiger partial charge < -0.3 is 14.4 Å². The fraction of sp³-hybridized carbons (Fsp3) is 0.444. The van der Waals surface area contributed by atoms with E-state index in [4.69, 9.17) is 9.47 Å². The molecule has 2 aliphatic heterocycles. The van der Waals surface area contributed by atoms with Crippen molar-refractivity contribution in [3.8, 4) is 5.88 Å². The van der Waals surface area contributed by atoms with Crippen LogP contribution in [0, 0.1) is 0 Å². The van der Waals surface area contributed by atoms with Crippen molar-refractivity contribution >= 4 is 17.2 Å². The number of carbonyl (C=O) groups is 1. The summed E-state index contributed by atoms with van der Waals surface area (Å²) in [6.07, 6.45) is 4.47. The van der Waals surface area contributed by atoms with Gasteiger partial charge in [-0.15, -0.1) is 11.3 Å². The summed E-state index contributed by atoms with van der Waals surface area (Å²) in [4.78, 5) is 19.6. The third kappa shape index (κ3) is 3.16. The molecular weight excluding hydrogens is 324 g/mol. The highest BCUT2D eigenvalue weighted by Crippen LogP contribution is 2.36. The fourth-order valence-electron chi connectivity index (χ4n) is 3.58. The van der Waals surface area contributed by atoms with Crippen LogP contribution >= 0.6 is 11.3 Å². The third-order valence-electron chi connectivity index (χ3n) is 4.66. The minimum atomic E-state index is -0.273. The summed E-state index contributed by atoms with van der Waals surface area (Å²) >= 11 is 1.49. The molecular formula is C18H20N2O3S. The predicted octanol–water partition coefficient (Wildman–Crippen LogP) is 2.99. The van der Waals surface area contributed by atoms with Crippen LogP contribution in [0.15, 0.2) is 41.9 Å². The van der Waals surface area contributed by atoms with Crippen LogP contribution in [-0.2, 0) is 4.74 Å². The van der Waals surface area contributed by atoms with Crippen LogP contribution in [-0.4, -0.2) is 47.2 Å². The molecule has 2 aliphatic rings. The number of aromatic nitrogens is 1. The number of rotatable bonds is 3. The van der Waals surface area contributed by atoms with E-state index in [1.807, 2.05) is 40.6 Å². The first kappa shape index (κ1) is 15.6. The smallest absolute Gasteiger partial charge is 0.264 e. The number of piperidine rings is 1. The maximum Gasteiger partial charge on any atom is 0.264 e. The summed E-state index contributed by atoms with van der Waals surface area (Å²) in [6, 6.07) is 9.44. The van der Waals surface area contributed by atoms with E-state index >= 15 is 0 Å². The molecule has 1 amide bonds. The topological polar surface area (TPSA) is 51.7 Å². The van der Waals surface area contributed by atoms with E-state index in [9.17, 15) is 4.79 Å². The zero-order chi connectivity index (χ0) is 16.4. The van der Waals surface area contributed by atoms with Crippen LogP contribution in [0.3, 0.4) is 0 Å². The minimum absolute atomic E-state index is 0.00306. The molecule has 2 atom stereocenters. The SMILES string of the molecule is O=C(c1cccs1)N1CCC[C@]2(C[C@H](Oc3ccccn3)CO2)C1. The van der Waals surface area contributed by atoms with E-state index in [1.165, 1.54) is 11.3 Å². The summed E-state index contributed by atoms with van der Waals surface area (Å²) in [7, 11) is 0. The number of likely N-dealkylation sites (tertiary alicyclic amines) is 1. The maximum atomic E-state index is 12.6. The zero-order valence-electron chi connectivity index (χ0n) is 13.4. The van der Waals surface area contributed by atoms with Gasteiger partial charge in [-0.3, -0.25) is 4.79 Å². The van der Waals surface area contributed by atoms with Gasteiger partial charge in [-0.25, -0.2) is 4.98 Å². The molecule has 4 rings (SSSR count). The van der Waals surface area contributed by atoms with Crippen LogP contribution in [0.5, 0.6) is 5.88 Å². The number of ether oxygens (including phenoxy) is 2. The highest BCUT2D eigenvalue weighted by Gasteiger charge is 2.45. The average Bonchev–Trinajstić information content (AvgIpc) is 3.26. The molecule has 0 radical (unpaired) electrons. The molecule has 2 fully saturated rings. The number of pyridine rings is 1. The Balaban J connectivity index is 1.41. The summed E-state index contributed by atoms with van der Waals surface area (Å²) in [5, 5.41) is 1.94. The molecule has 0 N–H and O–H groups in total. The predicted molar refractivity (Wildman–Crippen MR) is 91.4 cm³/mol. The molecule has 0 bridgehead atoms. The first-order chi connectivity index (χ1) is 11.7. The standard InChI is InChI=1S/C18H20N2O3S/c21-17(15-5-3-10-24-15)20-9-4-7-18(13-20)11-14(12-22-18)23-16-6-1-2-8-19-16/h1-3,5-6,8,10,14H,4,7,9,11-13H2/t14-,18-/m0/s1. The monoisotopic (exact) mass is 344 g/mol. The maximum absolute atomic E-state index is 12.6. The Hall–Kier alpha value is -1.92. The van der Waals surface area contributed by atoms with E-state index in [1.54, 1.807) is 6.20 Å². The van der Waals surface area contributed by atoms with Crippen molar-refractivity contribution in [2.75, 3.05) is 19.7 Å². The van der Waals surface area contributed by atoms with Crippen LogP contribution in [0.25, 0.3) is 0 Å². The second kappa shape index (κ2) is 6.53. The van der Waals surface area contributed by atoms with Gasteiger partial charge in [-0.05, 0) is 30.4 Å². The molecule has 2 aromatic heterocycles. The van der Waals surface area contributed by atoms with Gasteiger partial charge in [0, 0.05) is 25.2 Å². The van der Waals surface area contributed by atoms with E-state index in [0.717, 1.165) is 30.7 Å². The molecule has 5 nitrogen and oxygen atoms in total. The van der Waals surface area contributed by atoms with Crippen LogP contribution in [0.4, 0.5) is 0 Å². The highest BCUT2D eigenvalue weighted by molar-refractivity contribution is 7.12. The van der Waals surface area contributed by atoms with Crippen molar-refractivity contribution in [2.24, 2.45) is 0 Å². The van der Waals surface area contributed by atoms with Crippen LogP contribution in [0.1, 0.15) is 28.9 Å². The summed E-state index contributed by atoms with van der Waals surface area (Å²) in [5.41, 5.74) is -0.273. The van der Waals surface area contributed by atoms with Crippen molar-refractivity contribution in [2.45, 2.75) is 31.0 Å². The average molecular weight is 344 g/mol.